The molecule has 0 bridgehead atoms. The van der Waals surface area contributed by atoms with Gasteiger partial charge in [0, 0.05) is 17.5 Å². The first-order valence-corrected chi connectivity index (χ1v) is 8.50. The van der Waals surface area contributed by atoms with E-state index in [2.05, 4.69) is 4.98 Å². The molecule has 0 aliphatic heterocycles. The first-order chi connectivity index (χ1) is 13.6. The van der Waals surface area contributed by atoms with Gasteiger partial charge in [0.2, 0.25) is 0 Å². The third-order valence-corrected chi connectivity index (χ3v) is 4.20. The van der Waals surface area contributed by atoms with Gasteiger partial charge in [-0.25, -0.2) is 9.78 Å². The zero-order valence-electron chi connectivity index (χ0n) is 16.1. The maximum atomic E-state index is 12.0. The fourth-order valence-electron chi connectivity index (χ4n) is 2.77. The highest BCUT2D eigenvalue weighted by Crippen LogP contribution is 2.36. The van der Waals surface area contributed by atoms with Crippen molar-refractivity contribution in [1.82, 2.24) is 4.98 Å². The number of nitrogens with zero attached hydrogens (tertiary/aromatic N) is 1. The molecule has 0 spiro atoms. The van der Waals surface area contributed by atoms with Crippen LogP contribution in [-0.4, -0.2) is 39.4 Å². The molecule has 0 aliphatic carbocycles. The highest BCUT2D eigenvalue weighted by atomic mass is 16.5. The molecule has 0 radical (unpaired) electrons. The van der Waals surface area contributed by atoms with Crippen molar-refractivity contribution in [2.75, 3.05) is 28.4 Å². The van der Waals surface area contributed by atoms with Crippen molar-refractivity contribution in [3.8, 4) is 23.0 Å². The molecule has 28 heavy (non-hydrogen) atoms. The lowest BCUT2D eigenvalue weighted by Crippen LogP contribution is -2.06. The van der Waals surface area contributed by atoms with Crippen LogP contribution in [0, 0.1) is 0 Å². The Morgan fingerprint density at radius 3 is 2.32 bits per heavy atom. The summed E-state index contributed by atoms with van der Waals surface area (Å²) in [6.07, 6.45) is 0. The van der Waals surface area contributed by atoms with Gasteiger partial charge in [-0.1, -0.05) is 12.1 Å². The van der Waals surface area contributed by atoms with Gasteiger partial charge in [-0.3, -0.25) is 0 Å². The predicted molar refractivity (Wildman–Crippen MR) is 104 cm³/mol. The Balaban J connectivity index is 2.05. The van der Waals surface area contributed by atoms with Crippen molar-refractivity contribution in [3.63, 3.8) is 0 Å². The lowest BCUT2D eigenvalue weighted by atomic mass is 10.1. The van der Waals surface area contributed by atoms with Gasteiger partial charge in [0.25, 0.3) is 0 Å². The maximum Gasteiger partial charge on any atom is 0.356 e. The van der Waals surface area contributed by atoms with Crippen LogP contribution in [0.5, 0.6) is 23.0 Å². The van der Waals surface area contributed by atoms with Crippen LogP contribution >= 0.6 is 0 Å². The van der Waals surface area contributed by atoms with Crippen LogP contribution in [0.4, 0.5) is 0 Å². The molecule has 0 N–H and O–H groups in total. The zero-order valence-corrected chi connectivity index (χ0v) is 16.1. The second kappa shape index (κ2) is 8.47. The van der Waals surface area contributed by atoms with Crippen LogP contribution < -0.4 is 18.9 Å². The molecule has 3 rings (SSSR count). The summed E-state index contributed by atoms with van der Waals surface area (Å²) < 4.78 is 26.8. The third-order valence-electron chi connectivity index (χ3n) is 4.20. The van der Waals surface area contributed by atoms with Gasteiger partial charge >= 0.3 is 5.97 Å². The summed E-state index contributed by atoms with van der Waals surface area (Å²) in [6, 6.07) is 12.6. The van der Waals surface area contributed by atoms with Crippen LogP contribution in [-0.2, 0) is 11.3 Å². The second-order valence-corrected chi connectivity index (χ2v) is 5.86. The number of hydrogen-bond acceptors (Lipinski definition) is 7. The molecule has 0 unspecified atom stereocenters. The van der Waals surface area contributed by atoms with Gasteiger partial charge in [0.1, 0.15) is 18.1 Å². The number of aromatic nitrogens is 1. The molecule has 0 fully saturated rings. The average molecular weight is 383 g/mol. The first kappa shape index (κ1) is 19.3. The molecular weight excluding hydrogens is 362 g/mol. The van der Waals surface area contributed by atoms with Crippen molar-refractivity contribution < 1.29 is 28.5 Å². The molecule has 7 heteroatoms. The number of ether oxygens (including phenoxy) is 5. The minimum Gasteiger partial charge on any atom is -0.497 e. The fourth-order valence-corrected chi connectivity index (χ4v) is 2.77. The molecule has 2 aromatic carbocycles. The molecule has 0 amide bonds. The van der Waals surface area contributed by atoms with Crippen molar-refractivity contribution >= 4 is 16.9 Å². The van der Waals surface area contributed by atoms with Gasteiger partial charge in [-0.15, -0.1) is 0 Å². The minimum atomic E-state index is -0.553. The van der Waals surface area contributed by atoms with E-state index in [0.717, 1.165) is 11.3 Å². The van der Waals surface area contributed by atoms with Crippen molar-refractivity contribution in [3.05, 3.63) is 53.7 Å². The summed E-state index contributed by atoms with van der Waals surface area (Å²) in [7, 11) is 6.00. The smallest absolute Gasteiger partial charge is 0.356 e. The molecule has 1 aromatic heterocycles. The van der Waals surface area contributed by atoms with Gasteiger partial charge in [-0.05, 0) is 23.8 Å². The number of esters is 1. The molecule has 7 nitrogen and oxygen atoms in total. The summed E-state index contributed by atoms with van der Waals surface area (Å²) in [5.74, 6) is 1.71. The fraction of sp³-hybridized carbons (Fsp3) is 0.238. The minimum absolute atomic E-state index is 0.142. The Morgan fingerprint density at radius 1 is 0.893 bits per heavy atom. The molecule has 1 heterocycles. The predicted octanol–water partition coefficient (Wildman–Crippen LogP) is 3.63. The van der Waals surface area contributed by atoms with E-state index < -0.39 is 5.97 Å². The third kappa shape index (κ3) is 3.93. The molecule has 146 valence electrons. The second-order valence-electron chi connectivity index (χ2n) is 5.86. The number of benzene rings is 2. The standard InChI is InChI=1S/C21H21NO6/c1-24-14-7-5-6-13(8-14)12-28-18-11-17(21(23)27-4)22-16-10-20(26-3)19(25-2)9-15(16)18/h5-11H,12H2,1-4H3. The van der Waals surface area contributed by atoms with Crippen molar-refractivity contribution in [2.24, 2.45) is 0 Å². The lowest BCUT2D eigenvalue weighted by molar-refractivity contribution is 0.0594. The van der Waals surface area contributed by atoms with Crippen LogP contribution in [0.25, 0.3) is 10.9 Å². The number of carbonyl (C=O) groups is 1. The molecule has 0 aliphatic rings. The number of carbonyl (C=O) groups excluding carboxylic acids is 1. The van der Waals surface area contributed by atoms with E-state index in [1.165, 1.54) is 14.2 Å². The molecule has 0 atom stereocenters. The van der Waals surface area contributed by atoms with E-state index >= 15 is 0 Å². The van der Waals surface area contributed by atoms with Gasteiger partial charge in [0.05, 0.1) is 34.0 Å². The first-order valence-electron chi connectivity index (χ1n) is 8.50. The molecule has 0 saturated heterocycles. The largest absolute Gasteiger partial charge is 0.497 e. The summed E-state index contributed by atoms with van der Waals surface area (Å²) >= 11 is 0. The van der Waals surface area contributed by atoms with Crippen LogP contribution in [0.1, 0.15) is 16.1 Å². The summed E-state index contributed by atoms with van der Waals surface area (Å²) in [5, 5.41) is 0.688. The Kier molecular flexibility index (Phi) is 5.84. The highest BCUT2D eigenvalue weighted by Gasteiger charge is 2.17. The monoisotopic (exact) mass is 383 g/mol. The summed E-state index contributed by atoms with van der Waals surface area (Å²) in [5.41, 5.74) is 1.59. The highest BCUT2D eigenvalue weighted by molar-refractivity contribution is 5.95. The van der Waals surface area contributed by atoms with Crippen molar-refractivity contribution in [1.29, 1.82) is 0 Å². The Labute approximate surface area is 162 Å². The van der Waals surface area contributed by atoms with Crippen LogP contribution in [0.15, 0.2) is 42.5 Å². The number of rotatable bonds is 7. The SMILES string of the molecule is COC(=O)c1cc(OCc2cccc(OC)c2)c2cc(OC)c(OC)cc2n1. The van der Waals surface area contributed by atoms with Crippen molar-refractivity contribution in [2.45, 2.75) is 6.61 Å². The number of pyridine rings is 1. The number of methoxy groups -OCH3 is 4. The van der Waals surface area contributed by atoms with Gasteiger partial charge in [0.15, 0.2) is 17.2 Å². The van der Waals surface area contributed by atoms with Crippen LogP contribution in [0.2, 0.25) is 0 Å². The van der Waals surface area contributed by atoms with Gasteiger partial charge in [-0.2, -0.15) is 0 Å². The summed E-state index contributed by atoms with van der Waals surface area (Å²) in [6.45, 7) is 0.283. The average Bonchev–Trinajstić information content (AvgIpc) is 2.75. The van der Waals surface area contributed by atoms with E-state index in [-0.39, 0.29) is 12.3 Å². The molecule has 3 aromatic rings. The quantitative estimate of drug-likeness (QED) is 0.577. The number of hydrogen-bond donors (Lipinski definition) is 0. The van der Waals surface area contributed by atoms with E-state index in [0.29, 0.717) is 28.2 Å². The molecule has 0 saturated carbocycles. The number of fused-ring (bicyclic) bond motifs is 1. The van der Waals surface area contributed by atoms with E-state index in [9.17, 15) is 4.79 Å². The Bertz CT molecular complexity index is 1000. The van der Waals surface area contributed by atoms with Crippen LogP contribution in [0.3, 0.4) is 0 Å². The van der Waals surface area contributed by atoms with E-state index in [4.69, 9.17) is 23.7 Å². The Hall–Kier alpha value is -3.48. The topological polar surface area (TPSA) is 76.1 Å². The summed E-state index contributed by atoms with van der Waals surface area (Å²) in [4.78, 5) is 16.4. The molecular formula is C21H21NO6. The lowest BCUT2D eigenvalue weighted by Gasteiger charge is -2.14. The van der Waals surface area contributed by atoms with E-state index in [1.54, 1.807) is 32.4 Å². The van der Waals surface area contributed by atoms with Gasteiger partial charge < -0.3 is 23.7 Å². The zero-order chi connectivity index (χ0) is 20.1. The van der Waals surface area contributed by atoms with E-state index in [1.807, 2.05) is 24.3 Å². The maximum absolute atomic E-state index is 12.0. The Morgan fingerprint density at radius 2 is 1.64 bits per heavy atom. The normalized spacial score (nSPS) is 10.4.